The van der Waals surface area contributed by atoms with E-state index in [1.807, 2.05) is 25.2 Å². The maximum Gasteiger partial charge on any atom is 0.138 e. The van der Waals surface area contributed by atoms with Crippen LogP contribution in [-0.4, -0.2) is 27.2 Å². The molecule has 126 valence electrons. The topological polar surface area (TPSA) is 58.0 Å². The highest BCUT2D eigenvalue weighted by molar-refractivity contribution is 7.19. The Morgan fingerprint density at radius 2 is 2.00 bits per heavy atom. The summed E-state index contributed by atoms with van der Waals surface area (Å²) in [5.74, 6) is 1.59. The Morgan fingerprint density at radius 3 is 2.65 bits per heavy atom. The van der Waals surface area contributed by atoms with Gasteiger partial charge in [0.2, 0.25) is 0 Å². The van der Waals surface area contributed by atoms with E-state index in [0.29, 0.717) is 5.41 Å². The molecule has 2 heterocycles. The van der Waals surface area contributed by atoms with E-state index in [2.05, 4.69) is 36.1 Å². The molecule has 2 aromatic heterocycles. The first-order valence-corrected chi connectivity index (χ1v) is 9.17. The highest BCUT2D eigenvalue weighted by Crippen LogP contribution is 2.44. The number of aliphatic hydroxyl groups is 1. The second kappa shape index (κ2) is 5.71. The third-order valence-corrected chi connectivity index (χ3v) is 6.08. The largest absolute Gasteiger partial charge is 0.394 e. The van der Waals surface area contributed by atoms with Crippen molar-refractivity contribution in [3.8, 4) is 0 Å². The number of nitrogens with one attached hydrogen (secondary N) is 1. The summed E-state index contributed by atoms with van der Waals surface area (Å²) in [6, 6.07) is 0. The number of nitrogens with zero attached hydrogens (tertiary/aromatic N) is 2. The van der Waals surface area contributed by atoms with Crippen LogP contribution in [0.3, 0.4) is 0 Å². The lowest BCUT2D eigenvalue weighted by Crippen LogP contribution is -2.35. The van der Waals surface area contributed by atoms with Gasteiger partial charge in [-0.15, -0.1) is 11.3 Å². The van der Waals surface area contributed by atoms with Crippen LogP contribution >= 0.6 is 11.3 Å². The molecule has 0 aromatic carbocycles. The number of hydrogen-bond donors (Lipinski definition) is 2. The fraction of sp³-hybridized carbons (Fsp3) is 0.667. The minimum atomic E-state index is -0.390. The van der Waals surface area contributed by atoms with Crippen LogP contribution in [0.4, 0.5) is 5.82 Å². The summed E-state index contributed by atoms with van der Waals surface area (Å²) in [5.41, 5.74) is 1.38. The van der Waals surface area contributed by atoms with Crippen LogP contribution in [0.15, 0.2) is 6.33 Å². The number of rotatable bonds is 3. The highest BCUT2D eigenvalue weighted by Gasteiger charge is 2.32. The Kier molecular flexibility index (Phi) is 4.13. The molecule has 2 aromatic rings. The molecule has 0 saturated carbocycles. The van der Waals surface area contributed by atoms with E-state index in [4.69, 9.17) is 0 Å². The van der Waals surface area contributed by atoms with Crippen molar-refractivity contribution in [1.82, 2.24) is 9.97 Å². The summed E-state index contributed by atoms with van der Waals surface area (Å²) < 4.78 is 0. The smallest absolute Gasteiger partial charge is 0.138 e. The van der Waals surface area contributed by atoms with Crippen LogP contribution in [0, 0.1) is 11.3 Å². The third kappa shape index (κ3) is 3.22. The Balaban J connectivity index is 2.02. The Hall–Kier alpha value is -1.20. The number of aryl methyl sites for hydroxylation is 1. The first-order chi connectivity index (χ1) is 10.7. The predicted octanol–water partition coefficient (Wildman–Crippen LogP) is 4.03. The van der Waals surface area contributed by atoms with Gasteiger partial charge in [-0.2, -0.15) is 0 Å². The van der Waals surface area contributed by atoms with E-state index >= 15 is 0 Å². The van der Waals surface area contributed by atoms with Crippen LogP contribution in [0.1, 0.15) is 51.5 Å². The summed E-state index contributed by atoms with van der Waals surface area (Å²) in [6.45, 7) is 11.0. The molecular formula is C18H27N3OS. The molecule has 0 radical (unpaired) electrons. The van der Waals surface area contributed by atoms with Crippen molar-refractivity contribution in [2.24, 2.45) is 11.3 Å². The first-order valence-electron chi connectivity index (χ1n) is 8.35. The van der Waals surface area contributed by atoms with Crippen LogP contribution in [0.5, 0.6) is 0 Å². The third-order valence-electron chi connectivity index (χ3n) is 4.92. The van der Waals surface area contributed by atoms with E-state index in [0.717, 1.165) is 29.4 Å². The summed E-state index contributed by atoms with van der Waals surface area (Å²) in [6.07, 6.45) is 5.09. The average molecular weight is 334 g/mol. The van der Waals surface area contributed by atoms with Gasteiger partial charge >= 0.3 is 0 Å². The minimum Gasteiger partial charge on any atom is -0.394 e. The van der Waals surface area contributed by atoms with E-state index in [1.165, 1.54) is 22.2 Å². The van der Waals surface area contributed by atoms with Crippen LogP contribution in [0.2, 0.25) is 0 Å². The number of fused-ring (bicyclic) bond motifs is 3. The normalized spacial score (nSPS) is 19.0. The average Bonchev–Trinajstić information content (AvgIpc) is 2.84. The second-order valence-corrected chi connectivity index (χ2v) is 9.46. The summed E-state index contributed by atoms with van der Waals surface area (Å²) in [5, 5.41) is 14.1. The molecule has 0 amide bonds. The number of thiophene rings is 1. The molecule has 4 nitrogen and oxygen atoms in total. The molecule has 23 heavy (non-hydrogen) atoms. The van der Waals surface area contributed by atoms with Gasteiger partial charge in [-0.05, 0) is 50.0 Å². The molecule has 0 spiro atoms. The van der Waals surface area contributed by atoms with Gasteiger partial charge in [-0.3, -0.25) is 0 Å². The zero-order valence-corrected chi connectivity index (χ0v) is 15.5. The molecule has 2 N–H and O–H groups in total. The Bertz CT molecular complexity index is 715. The second-order valence-electron chi connectivity index (χ2n) is 8.38. The van der Waals surface area contributed by atoms with Crippen molar-refractivity contribution < 1.29 is 5.11 Å². The highest BCUT2D eigenvalue weighted by atomic mass is 32.1. The summed E-state index contributed by atoms with van der Waals surface area (Å²) in [4.78, 5) is 11.5. The molecule has 0 saturated heterocycles. The molecule has 1 unspecified atom stereocenters. The fourth-order valence-corrected chi connectivity index (χ4v) is 4.57. The lowest BCUT2D eigenvalue weighted by molar-refractivity contribution is 0.218. The van der Waals surface area contributed by atoms with Gasteiger partial charge in [0.15, 0.2) is 0 Å². The van der Waals surface area contributed by atoms with Gasteiger partial charge in [0.1, 0.15) is 17.0 Å². The van der Waals surface area contributed by atoms with Gasteiger partial charge in [-0.25, -0.2) is 9.97 Å². The first kappa shape index (κ1) is 16.7. The van der Waals surface area contributed by atoms with Crippen molar-refractivity contribution in [3.63, 3.8) is 0 Å². The molecule has 0 fully saturated rings. The quantitative estimate of drug-likeness (QED) is 0.890. The Labute approximate surface area is 142 Å². The molecule has 1 atom stereocenters. The standard InChI is InChI=1S/C18H27N3OS/c1-17(2,3)11-6-7-12-13(8-11)23-16-14(12)15(19-10-20-16)21-18(4,5)9-22/h10-11,22H,6-9H2,1-5H3,(H,19,20,21). The van der Waals surface area contributed by atoms with Crippen molar-refractivity contribution >= 4 is 27.4 Å². The van der Waals surface area contributed by atoms with Crippen molar-refractivity contribution in [1.29, 1.82) is 0 Å². The Morgan fingerprint density at radius 1 is 1.26 bits per heavy atom. The van der Waals surface area contributed by atoms with E-state index in [-0.39, 0.29) is 6.61 Å². The SMILES string of the molecule is CC(C)(CO)Nc1ncnc2sc3c(c12)CCC(C(C)(C)C)C3. The van der Waals surface area contributed by atoms with Crippen molar-refractivity contribution in [2.75, 3.05) is 11.9 Å². The van der Waals surface area contributed by atoms with Gasteiger partial charge in [-0.1, -0.05) is 20.8 Å². The maximum absolute atomic E-state index is 9.54. The minimum absolute atomic E-state index is 0.0664. The molecule has 3 rings (SSSR count). The molecule has 1 aliphatic carbocycles. The lowest BCUT2D eigenvalue weighted by Gasteiger charge is -2.34. The fourth-order valence-electron chi connectivity index (χ4n) is 3.30. The number of hydrogen-bond acceptors (Lipinski definition) is 5. The molecule has 0 bridgehead atoms. The lowest BCUT2D eigenvalue weighted by atomic mass is 9.72. The molecule has 5 heteroatoms. The van der Waals surface area contributed by atoms with Crippen LogP contribution in [0.25, 0.3) is 10.2 Å². The van der Waals surface area contributed by atoms with Gasteiger partial charge in [0, 0.05) is 4.88 Å². The maximum atomic E-state index is 9.54. The number of aromatic nitrogens is 2. The monoisotopic (exact) mass is 333 g/mol. The molecule has 0 aliphatic heterocycles. The summed E-state index contributed by atoms with van der Waals surface area (Å²) in [7, 11) is 0. The number of aliphatic hydroxyl groups excluding tert-OH is 1. The van der Waals surface area contributed by atoms with Crippen molar-refractivity contribution in [3.05, 3.63) is 16.8 Å². The van der Waals surface area contributed by atoms with Gasteiger partial charge in [0.05, 0.1) is 17.5 Å². The van der Waals surface area contributed by atoms with Crippen molar-refractivity contribution in [2.45, 2.75) is 59.4 Å². The van der Waals surface area contributed by atoms with E-state index < -0.39 is 5.54 Å². The van der Waals surface area contributed by atoms with Gasteiger partial charge < -0.3 is 10.4 Å². The van der Waals surface area contributed by atoms with E-state index in [1.54, 1.807) is 6.33 Å². The van der Waals surface area contributed by atoms with Crippen LogP contribution < -0.4 is 5.32 Å². The zero-order chi connectivity index (χ0) is 16.8. The summed E-state index contributed by atoms with van der Waals surface area (Å²) >= 11 is 1.81. The molecule has 1 aliphatic rings. The van der Waals surface area contributed by atoms with Gasteiger partial charge in [0.25, 0.3) is 0 Å². The zero-order valence-electron chi connectivity index (χ0n) is 14.7. The predicted molar refractivity (Wildman–Crippen MR) is 97.2 cm³/mol. The number of anilines is 1. The van der Waals surface area contributed by atoms with E-state index in [9.17, 15) is 5.11 Å². The molecular weight excluding hydrogens is 306 g/mol. The van der Waals surface area contributed by atoms with Crippen LogP contribution in [-0.2, 0) is 12.8 Å².